The number of nitrogens with zero attached hydrogens (tertiary/aromatic N) is 1. The van der Waals surface area contributed by atoms with E-state index in [0.29, 0.717) is 4.48 Å². The molecule has 0 unspecified atom stereocenters. The second-order valence-electron chi connectivity index (χ2n) is 2.99. The van der Waals surface area contributed by atoms with Gasteiger partial charge in [0, 0.05) is 13.1 Å². The molecule has 0 radical (unpaired) electrons. The van der Waals surface area contributed by atoms with Gasteiger partial charge in [0.2, 0.25) is 0 Å². The van der Waals surface area contributed by atoms with Gasteiger partial charge in [0.05, 0.1) is 4.48 Å². The summed E-state index contributed by atoms with van der Waals surface area (Å²) >= 11 is 3.25. The van der Waals surface area contributed by atoms with Crippen molar-refractivity contribution in [2.45, 2.75) is 26.2 Å². The van der Waals surface area contributed by atoms with E-state index in [0.717, 1.165) is 25.9 Å². The fraction of sp³-hybridized carbons (Fsp3) is 0.667. The molecule has 1 heterocycles. The van der Waals surface area contributed by atoms with Crippen LogP contribution in [0.3, 0.4) is 0 Å². The van der Waals surface area contributed by atoms with Gasteiger partial charge >= 0.3 is 0 Å². The summed E-state index contributed by atoms with van der Waals surface area (Å²) in [6.07, 6.45) is 5.36. The lowest BCUT2D eigenvalue weighted by Crippen LogP contribution is -2.35. The largest absolute Gasteiger partial charge is 0.338 e. The van der Waals surface area contributed by atoms with Crippen molar-refractivity contribution in [1.29, 1.82) is 0 Å². The van der Waals surface area contributed by atoms with Gasteiger partial charge in [-0.15, -0.1) is 0 Å². The Labute approximate surface area is 81.8 Å². The highest BCUT2D eigenvalue weighted by Crippen LogP contribution is 2.15. The molecule has 0 aromatic heterocycles. The molecule has 0 aromatic rings. The minimum atomic E-state index is 0.136. The van der Waals surface area contributed by atoms with Gasteiger partial charge in [0.15, 0.2) is 0 Å². The number of hydrogen-bond donors (Lipinski definition) is 0. The minimum Gasteiger partial charge on any atom is -0.338 e. The van der Waals surface area contributed by atoms with Crippen molar-refractivity contribution in [2.24, 2.45) is 0 Å². The molecule has 0 aliphatic carbocycles. The minimum absolute atomic E-state index is 0.136. The number of halogens is 1. The van der Waals surface area contributed by atoms with E-state index >= 15 is 0 Å². The predicted octanol–water partition coefficient (Wildman–Crippen LogP) is 2.30. The van der Waals surface area contributed by atoms with E-state index in [9.17, 15) is 4.79 Å². The first-order chi connectivity index (χ1) is 5.75. The molecule has 1 aliphatic heterocycles. The van der Waals surface area contributed by atoms with Gasteiger partial charge in [0.25, 0.3) is 5.91 Å². The Morgan fingerprint density at radius 1 is 1.33 bits per heavy atom. The Balaban J connectivity index is 2.51. The van der Waals surface area contributed by atoms with Crippen molar-refractivity contribution in [2.75, 3.05) is 13.1 Å². The summed E-state index contributed by atoms with van der Waals surface area (Å²) in [5.74, 6) is 0.136. The van der Waals surface area contributed by atoms with Crippen LogP contribution in [0.2, 0.25) is 0 Å². The first-order valence-electron chi connectivity index (χ1n) is 4.37. The molecule has 3 heteroatoms. The van der Waals surface area contributed by atoms with E-state index in [4.69, 9.17) is 0 Å². The molecule has 0 N–H and O–H groups in total. The van der Waals surface area contributed by atoms with Gasteiger partial charge in [-0.1, -0.05) is 6.08 Å². The lowest BCUT2D eigenvalue weighted by Gasteiger charge is -2.26. The topological polar surface area (TPSA) is 20.3 Å². The number of carbonyl (C=O) groups is 1. The molecule has 68 valence electrons. The molecule has 1 rings (SSSR count). The highest BCUT2D eigenvalue weighted by Gasteiger charge is 2.17. The van der Waals surface area contributed by atoms with E-state index < -0.39 is 0 Å². The van der Waals surface area contributed by atoms with Crippen LogP contribution in [0, 0.1) is 0 Å². The molecule has 1 amide bonds. The van der Waals surface area contributed by atoms with Crippen molar-refractivity contribution >= 4 is 21.8 Å². The summed E-state index contributed by atoms with van der Waals surface area (Å²) in [6.45, 7) is 3.70. The van der Waals surface area contributed by atoms with Crippen LogP contribution in [0.25, 0.3) is 0 Å². The number of likely N-dealkylation sites (tertiary alicyclic amines) is 1. The van der Waals surface area contributed by atoms with Gasteiger partial charge in [-0.05, 0) is 42.1 Å². The zero-order valence-corrected chi connectivity index (χ0v) is 8.93. The maximum Gasteiger partial charge on any atom is 0.260 e. The SMILES string of the molecule is C/C=C(\Br)C(=O)N1CCCCC1. The standard InChI is InChI=1S/C9H14BrNO/c1-2-8(10)9(12)11-6-4-3-5-7-11/h2H,3-7H2,1H3/b8-2-. The lowest BCUT2D eigenvalue weighted by atomic mass is 10.1. The van der Waals surface area contributed by atoms with Gasteiger partial charge in [-0.2, -0.15) is 0 Å². The molecule has 0 aromatic carbocycles. The molecule has 0 spiro atoms. The molecule has 0 saturated carbocycles. The lowest BCUT2D eigenvalue weighted by molar-refractivity contribution is -0.127. The quantitative estimate of drug-likeness (QED) is 0.635. The molecule has 1 saturated heterocycles. The number of hydrogen-bond acceptors (Lipinski definition) is 1. The summed E-state index contributed by atoms with van der Waals surface area (Å²) in [4.78, 5) is 13.5. The molecular formula is C9H14BrNO. The summed E-state index contributed by atoms with van der Waals surface area (Å²) in [7, 11) is 0. The fourth-order valence-electron chi connectivity index (χ4n) is 1.37. The number of piperidine rings is 1. The van der Waals surface area contributed by atoms with Crippen molar-refractivity contribution in [3.8, 4) is 0 Å². The Kier molecular flexibility index (Phi) is 3.79. The second kappa shape index (κ2) is 4.65. The van der Waals surface area contributed by atoms with E-state index in [2.05, 4.69) is 15.9 Å². The first kappa shape index (κ1) is 9.78. The van der Waals surface area contributed by atoms with Crippen LogP contribution in [0.1, 0.15) is 26.2 Å². The second-order valence-corrected chi connectivity index (χ2v) is 3.84. The van der Waals surface area contributed by atoms with Crippen LogP contribution in [0.15, 0.2) is 10.6 Å². The Morgan fingerprint density at radius 3 is 2.42 bits per heavy atom. The summed E-state index contributed by atoms with van der Waals surface area (Å²) in [5.41, 5.74) is 0. The van der Waals surface area contributed by atoms with Crippen LogP contribution >= 0.6 is 15.9 Å². The zero-order valence-electron chi connectivity index (χ0n) is 7.35. The van der Waals surface area contributed by atoms with Crippen LogP contribution in [-0.4, -0.2) is 23.9 Å². The average molecular weight is 232 g/mol. The third kappa shape index (κ3) is 2.34. The molecule has 0 bridgehead atoms. The molecule has 0 atom stereocenters. The van der Waals surface area contributed by atoms with Crippen molar-refractivity contribution in [1.82, 2.24) is 4.90 Å². The normalized spacial score (nSPS) is 19.5. The number of allylic oxidation sites excluding steroid dienone is 1. The molecular weight excluding hydrogens is 218 g/mol. The molecule has 1 aliphatic rings. The maximum atomic E-state index is 11.5. The zero-order chi connectivity index (χ0) is 8.97. The Morgan fingerprint density at radius 2 is 1.92 bits per heavy atom. The van der Waals surface area contributed by atoms with Crippen LogP contribution in [0.4, 0.5) is 0 Å². The van der Waals surface area contributed by atoms with Gasteiger partial charge in [0.1, 0.15) is 0 Å². The Bertz CT molecular complexity index is 195. The molecule has 12 heavy (non-hydrogen) atoms. The van der Waals surface area contributed by atoms with Crippen molar-refractivity contribution in [3.63, 3.8) is 0 Å². The van der Waals surface area contributed by atoms with Crippen molar-refractivity contribution < 1.29 is 4.79 Å². The van der Waals surface area contributed by atoms with Gasteiger partial charge in [-0.25, -0.2) is 0 Å². The summed E-state index contributed by atoms with van der Waals surface area (Å²) < 4.78 is 0.685. The molecule has 1 fully saturated rings. The van der Waals surface area contributed by atoms with Crippen LogP contribution < -0.4 is 0 Å². The Hall–Kier alpha value is -0.310. The first-order valence-corrected chi connectivity index (χ1v) is 5.16. The van der Waals surface area contributed by atoms with Gasteiger partial charge < -0.3 is 4.90 Å². The van der Waals surface area contributed by atoms with Crippen LogP contribution in [0.5, 0.6) is 0 Å². The fourth-order valence-corrected chi connectivity index (χ4v) is 1.62. The van der Waals surface area contributed by atoms with Gasteiger partial charge in [-0.3, -0.25) is 4.79 Å². The highest BCUT2D eigenvalue weighted by atomic mass is 79.9. The van der Waals surface area contributed by atoms with Crippen molar-refractivity contribution in [3.05, 3.63) is 10.6 Å². The summed E-state index contributed by atoms with van der Waals surface area (Å²) in [6, 6.07) is 0. The average Bonchev–Trinajstić information content (AvgIpc) is 2.17. The van der Waals surface area contributed by atoms with E-state index in [1.807, 2.05) is 11.8 Å². The third-order valence-electron chi connectivity index (χ3n) is 2.10. The number of rotatable bonds is 1. The van der Waals surface area contributed by atoms with E-state index in [1.54, 1.807) is 6.08 Å². The number of carbonyl (C=O) groups excluding carboxylic acids is 1. The maximum absolute atomic E-state index is 11.5. The van der Waals surface area contributed by atoms with E-state index in [-0.39, 0.29) is 5.91 Å². The smallest absolute Gasteiger partial charge is 0.260 e. The summed E-state index contributed by atoms with van der Waals surface area (Å²) in [5, 5.41) is 0. The number of amides is 1. The molecule has 2 nitrogen and oxygen atoms in total. The van der Waals surface area contributed by atoms with E-state index in [1.165, 1.54) is 6.42 Å². The monoisotopic (exact) mass is 231 g/mol. The van der Waals surface area contributed by atoms with Crippen LogP contribution in [-0.2, 0) is 4.79 Å². The highest BCUT2D eigenvalue weighted by molar-refractivity contribution is 9.12. The third-order valence-corrected chi connectivity index (χ3v) is 2.90. The predicted molar refractivity (Wildman–Crippen MR) is 53.1 cm³/mol.